The van der Waals surface area contributed by atoms with Crippen molar-refractivity contribution in [1.82, 2.24) is 10.2 Å². The number of methoxy groups -OCH3 is 1. The van der Waals surface area contributed by atoms with Gasteiger partial charge in [0.2, 0.25) is 5.91 Å². The number of amides is 1. The lowest BCUT2D eigenvalue weighted by Gasteiger charge is -2.21. The lowest BCUT2D eigenvalue weighted by molar-refractivity contribution is -0.123. The van der Waals surface area contributed by atoms with Gasteiger partial charge in [0, 0.05) is 26.2 Å². The van der Waals surface area contributed by atoms with Gasteiger partial charge >= 0.3 is 0 Å². The van der Waals surface area contributed by atoms with Gasteiger partial charge in [-0.25, -0.2) is 0 Å². The molecule has 0 radical (unpaired) electrons. The Balaban J connectivity index is 2.55. The average Bonchev–Trinajstić information content (AvgIpc) is 2.45. The monoisotopic (exact) mass is 293 g/mol. The Morgan fingerprint density at radius 1 is 1.38 bits per heavy atom. The van der Waals surface area contributed by atoms with E-state index in [1.54, 1.807) is 0 Å². The number of carbonyl (C=O) groups is 1. The van der Waals surface area contributed by atoms with Crippen molar-refractivity contribution in [2.45, 2.75) is 39.0 Å². The molecule has 0 fully saturated rings. The highest BCUT2D eigenvalue weighted by Crippen LogP contribution is 2.09. The first-order valence-corrected chi connectivity index (χ1v) is 7.24. The maximum absolute atomic E-state index is 11.7. The Bertz CT molecular complexity index is 449. The molecular weight excluding hydrogens is 266 g/mol. The van der Waals surface area contributed by atoms with E-state index in [1.165, 1.54) is 12.7 Å². The fourth-order valence-electron chi connectivity index (χ4n) is 1.88. The molecular formula is C16H27N3O2. The number of nitrogens with one attached hydrogen (secondary N) is 1. The highest BCUT2D eigenvalue weighted by atomic mass is 16.5. The third-order valence-electron chi connectivity index (χ3n) is 3.45. The van der Waals surface area contributed by atoms with Crippen molar-refractivity contribution in [2.24, 2.45) is 5.73 Å². The highest BCUT2D eigenvalue weighted by Gasteiger charge is 2.12. The zero-order valence-electron chi connectivity index (χ0n) is 13.4. The Morgan fingerprint density at radius 3 is 2.67 bits per heavy atom. The smallest absolute Gasteiger partial charge is 0.239 e. The second-order valence-electron chi connectivity index (χ2n) is 5.61. The molecule has 3 N–H and O–H groups in total. The number of benzene rings is 1. The quantitative estimate of drug-likeness (QED) is 0.753. The van der Waals surface area contributed by atoms with E-state index in [9.17, 15) is 4.79 Å². The number of nitrogens with zero attached hydrogens (tertiary/aromatic N) is 1. The van der Waals surface area contributed by atoms with Crippen molar-refractivity contribution in [3.8, 4) is 0 Å². The minimum atomic E-state index is -0.620. The highest BCUT2D eigenvalue weighted by molar-refractivity contribution is 5.81. The van der Waals surface area contributed by atoms with Crippen LogP contribution >= 0.6 is 0 Å². The van der Waals surface area contributed by atoms with E-state index in [2.05, 4.69) is 43.2 Å². The third-order valence-corrected chi connectivity index (χ3v) is 3.45. The lowest BCUT2D eigenvalue weighted by Crippen LogP contribution is -2.43. The van der Waals surface area contributed by atoms with Crippen molar-refractivity contribution in [3.63, 3.8) is 0 Å². The second-order valence-corrected chi connectivity index (χ2v) is 5.61. The Kier molecular flexibility index (Phi) is 7.36. The van der Waals surface area contributed by atoms with Gasteiger partial charge in [0.05, 0.1) is 6.61 Å². The van der Waals surface area contributed by atoms with Crippen LogP contribution in [0.5, 0.6) is 0 Å². The molecule has 0 saturated heterocycles. The van der Waals surface area contributed by atoms with Crippen LogP contribution in [0.4, 0.5) is 0 Å². The number of nitrogens with two attached hydrogens (primary N) is 1. The van der Waals surface area contributed by atoms with Gasteiger partial charge in [-0.2, -0.15) is 0 Å². The van der Waals surface area contributed by atoms with Crippen LogP contribution in [0.3, 0.4) is 0 Å². The van der Waals surface area contributed by atoms with Crippen LogP contribution in [0, 0.1) is 0 Å². The van der Waals surface area contributed by atoms with E-state index in [0.29, 0.717) is 12.6 Å². The molecule has 0 aliphatic rings. The standard InChI is InChI=1S/C16H27N3O2/c1-12(2)19(3)10-14-7-5-6-13(8-14)9-18-16(20)15(17)11-21-4/h5-8,12,15H,9-11,17H2,1-4H3,(H,18,20). The molecule has 1 atom stereocenters. The summed E-state index contributed by atoms with van der Waals surface area (Å²) in [7, 11) is 3.63. The van der Waals surface area contributed by atoms with Crippen molar-refractivity contribution < 1.29 is 9.53 Å². The van der Waals surface area contributed by atoms with Gasteiger partial charge in [0.25, 0.3) is 0 Å². The number of ether oxygens (including phenoxy) is 1. The van der Waals surface area contributed by atoms with Gasteiger partial charge in [-0.3, -0.25) is 9.69 Å². The predicted molar refractivity (Wildman–Crippen MR) is 84.7 cm³/mol. The summed E-state index contributed by atoms with van der Waals surface area (Å²) in [5, 5.41) is 2.83. The molecule has 1 unspecified atom stereocenters. The van der Waals surface area contributed by atoms with E-state index in [-0.39, 0.29) is 12.5 Å². The van der Waals surface area contributed by atoms with Crippen LogP contribution in [0.25, 0.3) is 0 Å². The topological polar surface area (TPSA) is 67.6 Å². The molecule has 118 valence electrons. The first kappa shape index (κ1) is 17.6. The van der Waals surface area contributed by atoms with Gasteiger partial charge in [-0.05, 0) is 32.0 Å². The SMILES string of the molecule is COCC(N)C(=O)NCc1cccc(CN(C)C(C)C)c1. The van der Waals surface area contributed by atoms with Crippen molar-refractivity contribution in [1.29, 1.82) is 0 Å². The molecule has 0 aromatic heterocycles. The summed E-state index contributed by atoms with van der Waals surface area (Å²) in [6, 6.07) is 8.11. The summed E-state index contributed by atoms with van der Waals surface area (Å²) in [5.74, 6) is -0.193. The molecule has 0 aliphatic heterocycles. The summed E-state index contributed by atoms with van der Waals surface area (Å²) in [5.41, 5.74) is 7.98. The third kappa shape index (κ3) is 6.25. The van der Waals surface area contributed by atoms with Crippen LogP contribution < -0.4 is 11.1 Å². The summed E-state index contributed by atoms with van der Waals surface area (Å²) in [6.45, 7) is 5.94. The summed E-state index contributed by atoms with van der Waals surface area (Å²) in [6.07, 6.45) is 0. The Labute approximate surface area is 127 Å². The van der Waals surface area contributed by atoms with E-state index >= 15 is 0 Å². The molecule has 0 saturated carbocycles. The molecule has 1 aromatic rings. The van der Waals surface area contributed by atoms with Crippen LogP contribution in [0.15, 0.2) is 24.3 Å². The molecule has 5 nitrogen and oxygen atoms in total. The van der Waals surface area contributed by atoms with Gasteiger partial charge in [-0.1, -0.05) is 24.3 Å². The maximum atomic E-state index is 11.7. The molecule has 0 bridgehead atoms. The van der Waals surface area contributed by atoms with Crippen molar-refractivity contribution >= 4 is 5.91 Å². The molecule has 0 spiro atoms. The first-order valence-electron chi connectivity index (χ1n) is 7.24. The number of hydrogen-bond acceptors (Lipinski definition) is 4. The second kappa shape index (κ2) is 8.77. The van der Waals surface area contributed by atoms with Crippen LogP contribution in [-0.4, -0.2) is 43.7 Å². The van der Waals surface area contributed by atoms with E-state index in [1.807, 2.05) is 12.1 Å². The van der Waals surface area contributed by atoms with Crippen LogP contribution in [-0.2, 0) is 22.6 Å². The number of carbonyl (C=O) groups excluding carboxylic acids is 1. The Morgan fingerprint density at radius 2 is 2.05 bits per heavy atom. The number of rotatable bonds is 8. The van der Waals surface area contributed by atoms with Gasteiger partial charge < -0.3 is 15.8 Å². The minimum Gasteiger partial charge on any atom is -0.383 e. The molecule has 1 amide bonds. The fourth-order valence-corrected chi connectivity index (χ4v) is 1.88. The van der Waals surface area contributed by atoms with Crippen LogP contribution in [0.2, 0.25) is 0 Å². The van der Waals surface area contributed by atoms with Gasteiger partial charge in [0.1, 0.15) is 6.04 Å². The van der Waals surface area contributed by atoms with Crippen molar-refractivity contribution in [2.75, 3.05) is 20.8 Å². The van der Waals surface area contributed by atoms with Crippen LogP contribution in [0.1, 0.15) is 25.0 Å². The summed E-state index contributed by atoms with van der Waals surface area (Å²) < 4.78 is 4.87. The lowest BCUT2D eigenvalue weighted by atomic mass is 10.1. The molecule has 21 heavy (non-hydrogen) atoms. The average molecular weight is 293 g/mol. The zero-order chi connectivity index (χ0) is 15.8. The normalized spacial score (nSPS) is 12.7. The van der Waals surface area contributed by atoms with E-state index in [0.717, 1.165) is 12.1 Å². The number of hydrogen-bond donors (Lipinski definition) is 2. The molecule has 1 rings (SSSR count). The summed E-state index contributed by atoms with van der Waals surface area (Å²) >= 11 is 0. The molecule has 0 heterocycles. The molecule has 0 aliphatic carbocycles. The summed E-state index contributed by atoms with van der Waals surface area (Å²) in [4.78, 5) is 14.0. The predicted octanol–water partition coefficient (Wildman–Crippen LogP) is 1.12. The first-order chi connectivity index (χ1) is 9.93. The largest absolute Gasteiger partial charge is 0.383 e. The van der Waals surface area contributed by atoms with Crippen molar-refractivity contribution in [3.05, 3.63) is 35.4 Å². The Hall–Kier alpha value is -1.43. The zero-order valence-corrected chi connectivity index (χ0v) is 13.4. The molecule has 5 heteroatoms. The minimum absolute atomic E-state index is 0.193. The maximum Gasteiger partial charge on any atom is 0.239 e. The molecule has 1 aromatic carbocycles. The van der Waals surface area contributed by atoms with E-state index in [4.69, 9.17) is 10.5 Å². The van der Waals surface area contributed by atoms with E-state index < -0.39 is 6.04 Å². The van der Waals surface area contributed by atoms with Gasteiger partial charge in [0.15, 0.2) is 0 Å². The van der Waals surface area contributed by atoms with Gasteiger partial charge in [-0.15, -0.1) is 0 Å². The fraction of sp³-hybridized carbons (Fsp3) is 0.562.